The molecule has 1 aromatic heterocycles. The minimum atomic E-state index is -0.127. The molecule has 1 rings (SSSR count). The van der Waals surface area contributed by atoms with E-state index in [1.54, 1.807) is 16.3 Å². The number of aromatic nitrogens is 3. The lowest BCUT2D eigenvalue weighted by molar-refractivity contribution is 0.559. The van der Waals surface area contributed by atoms with Crippen molar-refractivity contribution >= 4 is 11.8 Å². The van der Waals surface area contributed by atoms with Crippen LogP contribution in [-0.2, 0) is 6.54 Å². The lowest BCUT2D eigenvalue weighted by atomic mass is 10.1. The predicted molar refractivity (Wildman–Crippen MR) is 76.0 cm³/mol. The molecule has 0 saturated heterocycles. The Morgan fingerprint density at radius 1 is 1.39 bits per heavy atom. The van der Waals surface area contributed by atoms with Crippen molar-refractivity contribution in [3.05, 3.63) is 10.5 Å². The third kappa shape index (κ3) is 3.88. The summed E-state index contributed by atoms with van der Waals surface area (Å²) in [5.74, 6) is 0. The van der Waals surface area contributed by atoms with Crippen molar-refractivity contribution in [1.29, 1.82) is 0 Å². The molecule has 1 aromatic rings. The lowest BCUT2D eigenvalue weighted by Crippen LogP contribution is -2.32. The fourth-order valence-electron chi connectivity index (χ4n) is 1.94. The average Bonchev–Trinajstić information content (AvgIpc) is 2.69. The van der Waals surface area contributed by atoms with Crippen LogP contribution in [0, 0.1) is 0 Å². The first kappa shape index (κ1) is 15.3. The molecule has 0 saturated carbocycles. The van der Waals surface area contributed by atoms with Gasteiger partial charge in [0.05, 0.1) is 0 Å². The maximum Gasteiger partial charge on any atom is 0.343 e. The molecule has 0 aliphatic carbocycles. The van der Waals surface area contributed by atoms with Crippen molar-refractivity contribution in [2.45, 2.75) is 69.4 Å². The van der Waals surface area contributed by atoms with Crippen molar-refractivity contribution in [2.75, 3.05) is 0 Å². The average molecular weight is 272 g/mol. The Bertz CT molecular complexity index is 401. The molecule has 6 heteroatoms. The summed E-state index contributed by atoms with van der Waals surface area (Å²) in [6.45, 7) is 7.02. The van der Waals surface area contributed by atoms with E-state index in [4.69, 9.17) is 5.73 Å². The third-order valence-electron chi connectivity index (χ3n) is 2.93. The highest BCUT2D eigenvalue weighted by Crippen LogP contribution is 2.26. The Balaban J connectivity index is 2.78. The molecule has 0 aliphatic rings. The van der Waals surface area contributed by atoms with E-state index in [1.807, 2.05) is 6.92 Å². The zero-order valence-corrected chi connectivity index (χ0v) is 12.3. The van der Waals surface area contributed by atoms with Crippen LogP contribution in [-0.4, -0.2) is 26.1 Å². The van der Waals surface area contributed by atoms with Gasteiger partial charge in [-0.1, -0.05) is 39.0 Å². The summed E-state index contributed by atoms with van der Waals surface area (Å²) >= 11 is 1.62. The highest BCUT2D eigenvalue weighted by atomic mass is 32.2. The molecule has 3 N–H and O–H groups in total. The Labute approximate surface area is 113 Å². The van der Waals surface area contributed by atoms with Crippen LogP contribution in [0.3, 0.4) is 0 Å². The van der Waals surface area contributed by atoms with Gasteiger partial charge < -0.3 is 5.73 Å². The van der Waals surface area contributed by atoms with Crippen LogP contribution in [0.5, 0.6) is 0 Å². The summed E-state index contributed by atoms with van der Waals surface area (Å²) < 4.78 is 1.70. The fraction of sp³-hybridized carbons (Fsp3) is 0.833. The largest absolute Gasteiger partial charge is 0.343 e. The monoisotopic (exact) mass is 272 g/mol. The molecular weight excluding hydrogens is 248 g/mol. The second-order valence-corrected chi connectivity index (χ2v) is 5.69. The molecule has 0 amide bonds. The molecule has 0 aromatic carbocycles. The number of nitrogens with zero attached hydrogens (tertiary/aromatic N) is 2. The number of hydrogen-bond acceptors (Lipinski definition) is 4. The second kappa shape index (κ2) is 7.63. The Hall–Kier alpha value is -0.750. The van der Waals surface area contributed by atoms with Crippen LogP contribution in [0.4, 0.5) is 0 Å². The summed E-state index contributed by atoms with van der Waals surface area (Å²) in [6.07, 6.45) is 4.00. The van der Waals surface area contributed by atoms with E-state index < -0.39 is 0 Å². The molecule has 0 aliphatic heterocycles. The molecule has 104 valence electrons. The van der Waals surface area contributed by atoms with E-state index >= 15 is 0 Å². The molecule has 5 nitrogen and oxygen atoms in total. The van der Waals surface area contributed by atoms with E-state index in [0.717, 1.165) is 30.8 Å². The predicted octanol–water partition coefficient (Wildman–Crippen LogP) is 1.98. The number of aromatic amines is 1. The van der Waals surface area contributed by atoms with E-state index in [9.17, 15) is 4.79 Å². The molecule has 0 fully saturated rings. The van der Waals surface area contributed by atoms with E-state index in [1.165, 1.54) is 0 Å². The standard InChI is InChI=1S/C12H24N4OS/c1-4-7-9(13)10(6-3)18-12-15-14-11(17)16(12)8-5-2/h9-10H,4-8,13H2,1-3H3,(H,14,17). The maximum atomic E-state index is 11.6. The highest BCUT2D eigenvalue weighted by Gasteiger charge is 2.20. The van der Waals surface area contributed by atoms with E-state index in [0.29, 0.717) is 11.8 Å². The van der Waals surface area contributed by atoms with Crippen LogP contribution in [0.2, 0.25) is 0 Å². The van der Waals surface area contributed by atoms with Crippen LogP contribution in [0.25, 0.3) is 0 Å². The number of nitrogens with one attached hydrogen (secondary N) is 1. The van der Waals surface area contributed by atoms with Gasteiger partial charge in [-0.05, 0) is 19.3 Å². The van der Waals surface area contributed by atoms with Crippen molar-refractivity contribution < 1.29 is 0 Å². The van der Waals surface area contributed by atoms with Gasteiger partial charge in [0.2, 0.25) is 0 Å². The summed E-state index contributed by atoms with van der Waals surface area (Å²) in [5.41, 5.74) is 6.04. The first-order valence-electron chi connectivity index (χ1n) is 6.71. The van der Waals surface area contributed by atoms with Gasteiger partial charge in [0.15, 0.2) is 5.16 Å². The van der Waals surface area contributed by atoms with Crippen LogP contribution >= 0.6 is 11.8 Å². The third-order valence-corrected chi connectivity index (χ3v) is 4.44. The topological polar surface area (TPSA) is 76.7 Å². The zero-order valence-electron chi connectivity index (χ0n) is 11.5. The molecule has 0 bridgehead atoms. The highest BCUT2D eigenvalue weighted by molar-refractivity contribution is 7.99. The Kier molecular flexibility index (Phi) is 6.49. The molecule has 18 heavy (non-hydrogen) atoms. The number of rotatable bonds is 8. The van der Waals surface area contributed by atoms with E-state index in [-0.39, 0.29) is 11.7 Å². The normalized spacial score (nSPS) is 14.7. The number of hydrogen-bond donors (Lipinski definition) is 2. The smallest absolute Gasteiger partial charge is 0.327 e. The number of nitrogens with two attached hydrogens (primary N) is 1. The van der Waals surface area contributed by atoms with Gasteiger partial charge >= 0.3 is 5.69 Å². The van der Waals surface area contributed by atoms with Gasteiger partial charge in [-0.25, -0.2) is 9.89 Å². The minimum Gasteiger partial charge on any atom is -0.327 e. The first-order valence-corrected chi connectivity index (χ1v) is 7.59. The summed E-state index contributed by atoms with van der Waals surface area (Å²) in [5, 5.41) is 7.70. The number of thioether (sulfide) groups is 1. The molecule has 2 unspecified atom stereocenters. The summed E-state index contributed by atoms with van der Waals surface area (Å²) in [4.78, 5) is 11.6. The Morgan fingerprint density at radius 3 is 2.67 bits per heavy atom. The molecule has 2 atom stereocenters. The van der Waals surface area contributed by atoms with Gasteiger partial charge in [-0.2, -0.15) is 0 Å². The number of H-pyrrole nitrogens is 1. The van der Waals surface area contributed by atoms with Gasteiger partial charge in [0, 0.05) is 17.8 Å². The maximum absolute atomic E-state index is 11.6. The van der Waals surface area contributed by atoms with E-state index in [2.05, 4.69) is 24.0 Å². The van der Waals surface area contributed by atoms with Crippen LogP contribution < -0.4 is 11.4 Å². The Morgan fingerprint density at radius 2 is 2.11 bits per heavy atom. The minimum absolute atomic E-state index is 0.127. The molecule has 1 heterocycles. The molecule has 0 spiro atoms. The quantitative estimate of drug-likeness (QED) is 0.709. The first-order chi connectivity index (χ1) is 8.63. The molecule has 0 radical (unpaired) electrons. The van der Waals surface area contributed by atoms with Gasteiger partial charge in [0.25, 0.3) is 0 Å². The van der Waals surface area contributed by atoms with Gasteiger partial charge in [-0.15, -0.1) is 5.10 Å². The van der Waals surface area contributed by atoms with Crippen LogP contribution in [0.15, 0.2) is 9.95 Å². The van der Waals surface area contributed by atoms with Gasteiger partial charge in [0.1, 0.15) is 0 Å². The second-order valence-electron chi connectivity index (χ2n) is 4.48. The molecular formula is C12H24N4OS. The fourth-order valence-corrected chi connectivity index (χ4v) is 3.09. The summed E-state index contributed by atoms with van der Waals surface area (Å²) in [7, 11) is 0. The van der Waals surface area contributed by atoms with Crippen molar-refractivity contribution in [1.82, 2.24) is 14.8 Å². The van der Waals surface area contributed by atoms with Crippen LogP contribution in [0.1, 0.15) is 46.5 Å². The SMILES string of the molecule is CCCC(N)C(CC)Sc1n[nH]c(=O)n1CCC. The zero-order chi connectivity index (χ0) is 13.5. The summed E-state index contributed by atoms with van der Waals surface area (Å²) in [6, 6.07) is 0.159. The van der Waals surface area contributed by atoms with Gasteiger partial charge in [-0.3, -0.25) is 4.57 Å². The van der Waals surface area contributed by atoms with Crippen molar-refractivity contribution in [2.24, 2.45) is 5.73 Å². The van der Waals surface area contributed by atoms with Crippen molar-refractivity contribution in [3.8, 4) is 0 Å². The lowest BCUT2D eigenvalue weighted by Gasteiger charge is -2.21. The van der Waals surface area contributed by atoms with Crippen molar-refractivity contribution in [3.63, 3.8) is 0 Å².